The maximum atomic E-state index is 14.0. The zero-order chi connectivity index (χ0) is 25.0. The fourth-order valence-electron chi connectivity index (χ4n) is 6.89. The Kier molecular flexibility index (Phi) is 5.93. The highest BCUT2D eigenvalue weighted by Gasteiger charge is 2.54. The van der Waals surface area contributed by atoms with Crippen LogP contribution in [0.2, 0.25) is 0 Å². The van der Waals surface area contributed by atoms with Crippen LogP contribution in [0.4, 0.5) is 5.69 Å². The normalized spacial score (nSPS) is 29.2. The van der Waals surface area contributed by atoms with Gasteiger partial charge >= 0.3 is 0 Å². The molecule has 1 aromatic carbocycles. The van der Waals surface area contributed by atoms with Crippen molar-refractivity contribution < 1.29 is 9.59 Å². The van der Waals surface area contributed by atoms with Crippen LogP contribution in [0, 0.1) is 11.8 Å². The summed E-state index contributed by atoms with van der Waals surface area (Å²) in [7, 11) is 0. The summed E-state index contributed by atoms with van der Waals surface area (Å²) in [6.45, 7) is 3.26. The predicted molar refractivity (Wildman–Crippen MR) is 141 cm³/mol. The third kappa shape index (κ3) is 4.23. The molecule has 3 aliphatic heterocycles. The zero-order valence-corrected chi connectivity index (χ0v) is 22.0. The summed E-state index contributed by atoms with van der Waals surface area (Å²) in [4.78, 5) is 33.8. The average molecular weight is 522 g/mol. The van der Waals surface area contributed by atoms with Crippen molar-refractivity contribution in [3.63, 3.8) is 0 Å². The molecule has 9 nitrogen and oxygen atoms in total. The summed E-state index contributed by atoms with van der Waals surface area (Å²) in [5.74, 6) is 1.67. The molecule has 5 fully saturated rings. The van der Waals surface area contributed by atoms with Gasteiger partial charge in [0.25, 0.3) is 0 Å². The van der Waals surface area contributed by atoms with Gasteiger partial charge in [-0.15, -0.1) is 10.2 Å². The highest BCUT2D eigenvalue weighted by Crippen LogP contribution is 2.43. The summed E-state index contributed by atoms with van der Waals surface area (Å²) in [6, 6.07) is 10.8. The Morgan fingerprint density at radius 2 is 1.89 bits per heavy atom. The Morgan fingerprint density at radius 3 is 2.68 bits per heavy atom. The number of para-hydroxylation sites is 1. The van der Waals surface area contributed by atoms with Gasteiger partial charge < -0.3 is 14.7 Å². The molecule has 7 rings (SSSR count). The first-order chi connectivity index (χ1) is 18.1. The first kappa shape index (κ1) is 23.5. The maximum absolute atomic E-state index is 14.0. The molecule has 2 saturated carbocycles. The molecule has 3 unspecified atom stereocenters. The first-order valence-corrected chi connectivity index (χ1v) is 14.6. The smallest absolute Gasteiger partial charge is 0.250 e. The van der Waals surface area contributed by atoms with Crippen molar-refractivity contribution in [2.75, 3.05) is 31.2 Å². The number of nitrogens with zero attached hydrogens (tertiary/aromatic N) is 5. The third-order valence-corrected chi connectivity index (χ3v) is 10.3. The molecule has 5 aliphatic rings. The van der Waals surface area contributed by atoms with E-state index in [4.69, 9.17) is 0 Å². The van der Waals surface area contributed by atoms with Crippen LogP contribution in [0.15, 0.2) is 30.3 Å². The monoisotopic (exact) mass is 521 g/mol. The van der Waals surface area contributed by atoms with Crippen molar-refractivity contribution in [1.29, 1.82) is 0 Å². The van der Waals surface area contributed by atoms with E-state index >= 15 is 0 Å². The number of rotatable bonds is 5. The number of benzene rings is 1. The number of carbonyl (C=O) groups is 2. The van der Waals surface area contributed by atoms with Gasteiger partial charge in [-0.1, -0.05) is 29.5 Å². The summed E-state index contributed by atoms with van der Waals surface area (Å²) in [6.07, 6.45) is 6.68. The lowest BCUT2D eigenvalue weighted by Crippen LogP contribution is -2.58. The summed E-state index contributed by atoms with van der Waals surface area (Å²) in [5, 5.41) is 10.8. The van der Waals surface area contributed by atoms with Gasteiger partial charge in [0.15, 0.2) is 0 Å². The van der Waals surface area contributed by atoms with Crippen molar-refractivity contribution in [2.45, 2.75) is 69.0 Å². The molecule has 2 aliphatic carbocycles. The minimum absolute atomic E-state index is 0.107. The van der Waals surface area contributed by atoms with Gasteiger partial charge in [0.1, 0.15) is 15.6 Å². The lowest BCUT2D eigenvalue weighted by atomic mass is 9.77. The van der Waals surface area contributed by atoms with Crippen LogP contribution in [0.3, 0.4) is 0 Å². The number of hydrazine groups is 1. The molecule has 3 atom stereocenters. The van der Waals surface area contributed by atoms with E-state index in [1.165, 1.54) is 12.8 Å². The second kappa shape index (κ2) is 9.32. The van der Waals surface area contributed by atoms with Crippen LogP contribution in [0.5, 0.6) is 0 Å². The number of anilines is 1. The van der Waals surface area contributed by atoms with E-state index in [2.05, 4.69) is 38.1 Å². The van der Waals surface area contributed by atoms with Crippen molar-refractivity contribution in [1.82, 2.24) is 30.8 Å². The summed E-state index contributed by atoms with van der Waals surface area (Å²) >= 11 is 1.65. The number of nitrogens with one attached hydrogen (secondary N) is 2. The number of fused-ring (bicyclic) bond motifs is 1. The van der Waals surface area contributed by atoms with E-state index in [1.807, 2.05) is 28.0 Å². The average Bonchev–Trinajstić information content (AvgIpc) is 3.39. The largest absolute Gasteiger partial charge is 0.342 e. The molecule has 4 heterocycles. The fourth-order valence-corrected chi connectivity index (χ4v) is 7.92. The predicted octanol–water partition coefficient (Wildman–Crippen LogP) is 2.48. The van der Waals surface area contributed by atoms with Crippen molar-refractivity contribution in [3.8, 4) is 0 Å². The number of likely N-dealkylation sites (tertiary alicyclic amines) is 1. The van der Waals surface area contributed by atoms with E-state index in [9.17, 15) is 9.59 Å². The van der Waals surface area contributed by atoms with Gasteiger partial charge in [-0.05, 0) is 63.0 Å². The molecule has 0 radical (unpaired) electrons. The van der Waals surface area contributed by atoms with E-state index in [0.29, 0.717) is 57.0 Å². The lowest BCUT2D eigenvalue weighted by molar-refractivity contribution is -0.142. The van der Waals surface area contributed by atoms with Gasteiger partial charge in [0.05, 0.1) is 13.2 Å². The fraction of sp³-hybridized carbons (Fsp3) is 0.630. The minimum atomic E-state index is -0.612. The van der Waals surface area contributed by atoms with Crippen molar-refractivity contribution >= 4 is 28.8 Å². The van der Waals surface area contributed by atoms with E-state index < -0.39 is 5.54 Å². The van der Waals surface area contributed by atoms with Crippen molar-refractivity contribution in [2.24, 2.45) is 11.8 Å². The molecular formula is C27H35N7O2S. The van der Waals surface area contributed by atoms with E-state index in [1.54, 1.807) is 11.3 Å². The molecule has 1 aromatic heterocycles. The van der Waals surface area contributed by atoms with Crippen LogP contribution in [0.1, 0.15) is 60.9 Å². The molecule has 0 bridgehead atoms. The highest BCUT2D eigenvalue weighted by atomic mass is 32.1. The molecule has 1 spiro atoms. The molecule has 2 N–H and O–H groups in total. The number of amides is 2. The Hall–Kier alpha value is -2.56. The van der Waals surface area contributed by atoms with Crippen LogP contribution in [-0.4, -0.2) is 69.7 Å². The Morgan fingerprint density at radius 1 is 1.08 bits per heavy atom. The Balaban J connectivity index is 1.07. The molecule has 3 saturated heterocycles. The number of carbonyl (C=O) groups excluding carboxylic acids is 2. The highest BCUT2D eigenvalue weighted by molar-refractivity contribution is 7.11. The van der Waals surface area contributed by atoms with Gasteiger partial charge in [0.2, 0.25) is 11.8 Å². The second-order valence-electron chi connectivity index (χ2n) is 11.5. The Bertz CT molecular complexity index is 1160. The summed E-state index contributed by atoms with van der Waals surface area (Å²) < 4.78 is 0. The van der Waals surface area contributed by atoms with Crippen LogP contribution >= 0.6 is 11.3 Å². The molecule has 10 heteroatoms. The molecule has 2 amide bonds. The molecular weight excluding hydrogens is 486 g/mol. The topological polar surface area (TPSA) is 93.7 Å². The summed E-state index contributed by atoms with van der Waals surface area (Å²) in [5.41, 5.74) is 7.07. The van der Waals surface area contributed by atoms with Crippen LogP contribution in [0.25, 0.3) is 0 Å². The quantitative estimate of drug-likeness (QED) is 0.624. The van der Waals surface area contributed by atoms with Gasteiger partial charge in [-0.25, -0.2) is 0 Å². The Labute approximate surface area is 221 Å². The first-order valence-electron chi connectivity index (χ1n) is 13.8. The molecule has 2 aromatic rings. The lowest BCUT2D eigenvalue weighted by Gasteiger charge is -2.44. The minimum Gasteiger partial charge on any atom is -0.342 e. The van der Waals surface area contributed by atoms with Gasteiger partial charge in [-0.3, -0.25) is 20.4 Å². The number of hydrogen-bond acceptors (Lipinski definition) is 8. The second-order valence-corrected chi connectivity index (χ2v) is 12.6. The third-order valence-electron chi connectivity index (χ3n) is 9.20. The van der Waals surface area contributed by atoms with E-state index in [-0.39, 0.29) is 17.7 Å². The van der Waals surface area contributed by atoms with E-state index in [0.717, 1.165) is 41.5 Å². The number of piperidine rings is 1. The SMILES string of the molecule is O=C(C1CCC2NNCC2C1)N1CCC2(CC1)C(=O)N(Cc1nnc(C3CC3)s1)CN2c1ccccc1. The standard InChI is InChI=1S/C27H35N7O2S/c35-25(19-8-9-22-20(14-19)15-28-29-22)32-12-10-27(11-13-32)26(36)33(17-34(27)21-4-2-1-3-5-21)16-23-30-31-24(37-23)18-6-7-18/h1-5,18-20,22,28-29H,6-17H2. The maximum Gasteiger partial charge on any atom is 0.250 e. The number of aromatic nitrogens is 2. The zero-order valence-electron chi connectivity index (χ0n) is 21.1. The van der Waals surface area contributed by atoms with Crippen molar-refractivity contribution in [3.05, 3.63) is 40.3 Å². The van der Waals surface area contributed by atoms with Crippen LogP contribution < -0.4 is 15.8 Å². The molecule has 196 valence electrons. The molecule has 37 heavy (non-hydrogen) atoms. The van der Waals surface area contributed by atoms with Crippen LogP contribution in [-0.2, 0) is 16.1 Å². The van der Waals surface area contributed by atoms with Gasteiger partial charge in [0, 0.05) is 43.2 Å². The van der Waals surface area contributed by atoms with Gasteiger partial charge in [-0.2, -0.15) is 0 Å². The number of hydrogen-bond donors (Lipinski definition) is 2.